The number of hydrogen-bond acceptors (Lipinski definition) is 3. The van der Waals surface area contributed by atoms with Gasteiger partial charge in [-0.25, -0.2) is 0 Å². The number of amides is 2. The van der Waals surface area contributed by atoms with E-state index in [1.807, 2.05) is 39.0 Å². The van der Waals surface area contributed by atoms with Crippen LogP contribution in [0, 0.1) is 20.8 Å². The van der Waals surface area contributed by atoms with Crippen molar-refractivity contribution in [1.82, 2.24) is 10.2 Å². The molecule has 0 unspecified atom stereocenters. The van der Waals surface area contributed by atoms with E-state index in [1.54, 1.807) is 17.0 Å². The molecular formula is C23H27ClN2O3. The van der Waals surface area contributed by atoms with Crippen molar-refractivity contribution < 1.29 is 14.3 Å². The molecule has 6 heteroatoms. The summed E-state index contributed by atoms with van der Waals surface area (Å²) in [6, 6.07) is 11.2. The van der Waals surface area contributed by atoms with Crippen molar-refractivity contribution in [3.63, 3.8) is 0 Å². The van der Waals surface area contributed by atoms with Crippen LogP contribution in [0.2, 0.25) is 5.02 Å². The van der Waals surface area contributed by atoms with Gasteiger partial charge < -0.3 is 15.0 Å². The summed E-state index contributed by atoms with van der Waals surface area (Å²) in [7, 11) is 0. The van der Waals surface area contributed by atoms with Gasteiger partial charge in [-0.2, -0.15) is 0 Å². The fraction of sp³-hybridized carbons (Fsp3) is 0.391. The molecular weight excluding hydrogens is 388 g/mol. The first-order valence-corrected chi connectivity index (χ1v) is 10.3. The monoisotopic (exact) mass is 414 g/mol. The van der Waals surface area contributed by atoms with Crippen LogP contribution in [-0.4, -0.2) is 42.5 Å². The summed E-state index contributed by atoms with van der Waals surface area (Å²) >= 11 is 6.13. The molecule has 154 valence electrons. The molecule has 1 N–H and O–H groups in total. The molecule has 29 heavy (non-hydrogen) atoms. The number of carbonyl (C=O) groups is 2. The van der Waals surface area contributed by atoms with Gasteiger partial charge in [-0.05, 0) is 62.4 Å². The molecule has 2 aromatic rings. The maximum atomic E-state index is 12.6. The number of rotatable bonds is 5. The van der Waals surface area contributed by atoms with E-state index in [4.69, 9.17) is 16.3 Å². The molecule has 1 aliphatic rings. The van der Waals surface area contributed by atoms with E-state index in [-0.39, 0.29) is 24.5 Å². The van der Waals surface area contributed by atoms with Crippen LogP contribution in [0.5, 0.6) is 5.75 Å². The van der Waals surface area contributed by atoms with Gasteiger partial charge in [-0.1, -0.05) is 35.9 Å². The number of hydrogen-bond donors (Lipinski definition) is 1. The van der Waals surface area contributed by atoms with Crippen LogP contribution >= 0.6 is 11.6 Å². The highest BCUT2D eigenvalue weighted by Gasteiger charge is 2.25. The lowest BCUT2D eigenvalue weighted by Gasteiger charge is -2.32. The Kier molecular flexibility index (Phi) is 6.80. The average Bonchev–Trinajstić information content (AvgIpc) is 2.71. The third-order valence-electron chi connectivity index (χ3n) is 5.47. The molecule has 2 amide bonds. The first-order valence-electron chi connectivity index (χ1n) is 9.89. The number of aryl methyl sites for hydroxylation is 2. The quantitative estimate of drug-likeness (QED) is 0.802. The number of benzene rings is 2. The lowest BCUT2D eigenvalue weighted by Crippen LogP contribution is -2.47. The number of nitrogens with one attached hydrogen (secondary N) is 1. The van der Waals surface area contributed by atoms with Crippen molar-refractivity contribution in [3.05, 3.63) is 63.7 Å². The van der Waals surface area contributed by atoms with Crippen molar-refractivity contribution >= 4 is 23.4 Å². The van der Waals surface area contributed by atoms with Gasteiger partial charge in [0.2, 0.25) is 0 Å². The van der Waals surface area contributed by atoms with Crippen LogP contribution in [-0.2, 0) is 4.79 Å². The maximum absolute atomic E-state index is 12.6. The predicted octanol–water partition coefficient (Wildman–Crippen LogP) is 4.07. The van der Waals surface area contributed by atoms with Crippen molar-refractivity contribution in [2.24, 2.45) is 0 Å². The molecule has 1 aliphatic heterocycles. The van der Waals surface area contributed by atoms with Crippen molar-refractivity contribution in [2.75, 3.05) is 19.7 Å². The fourth-order valence-corrected chi connectivity index (χ4v) is 3.80. The molecule has 0 aromatic heterocycles. The molecule has 0 bridgehead atoms. The molecule has 0 saturated carbocycles. The molecule has 1 heterocycles. The summed E-state index contributed by atoms with van der Waals surface area (Å²) in [5.74, 6) is 0.579. The number of halogens is 1. The van der Waals surface area contributed by atoms with Gasteiger partial charge in [0.1, 0.15) is 5.75 Å². The van der Waals surface area contributed by atoms with Crippen LogP contribution in [0.15, 0.2) is 36.4 Å². The zero-order valence-corrected chi connectivity index (χ0v) is 17.9. The van der Waals surface area contributed by atoms with E-state index < -0.39 is 0 Å². The Hall–Kier alpha value is -2.53. The Labute approximate surface area is 177 Å². The van der Waals surface area contributed by atoms with Gasteiger partial charge in [0.15, 0.2) is 6.61 Å². The maximum Gasteiger partial charge on any atom is 0.258 e. The Bertz CT molecular complexity index is 905. The van der Waals surface area contributed by atoms with E-state index in [1.165, 1.54) is 0 Å². The minimum absolute atomic E-state index is 0.0100. The molecule has 0 atom stereocenters. The lowest BCUT2D eigenvalue weighted by atomic mass is 10.0. The van der Waals surface area contributed by atoms with Crippen LogP contribution in [0.3, 0.4) is 0 Å². The third-order valence-corrected chi connectivity index (χ3v) is 5.80. The summed E-state index contributed by atoms with van der Waals surface area (Å²) in [6.45, 7) is 7.17. The summed E-state index contributed by atoms with van der Waals surface area (Å²) in [5.41, 5.74) is 3.74. The first kappa shape index (κ1) is 21.2. The zero-order valence-electron chi connectivity index (χ0n) is 17.1. The number of piperidine rings is 1. The summed E-state index contributed by atoms with van der Waals surface area (Å²) < 4.78 is 5.79. The Balaban J connectivity index is 1.48. The van der Waals surface area contributed by atoms with Crippen molar-refractivity contribution in [2.45, 2.75) is 39.7 Å². The van der Waals surface area contributed by atoms with Gasteiger partial charge in [0, 0.05) is 19.1 Å². The second-order valence-electron chi connectivity index (χ2n) is 7.56. The van der Waals surface area contributed by atoms with E-state index in [2.05, 4.69) is 11.4 Å². The molecule has 1 fully saturated rings. The van der Waals surface area contributed by atoms with Crippen LogP contribution < -0.4 is 10.1 Å². The van der Waals surface area contributed by atoms with Crippen molar-refractivity contribution in [1.29, 1.82) is 0 Å². The Morgan fingerprint density at radius 1 is 1.07 bits per heavy atom. The number of nitrogens with zero attached hydrogens (tertiary/aromatic N) is 1. The molecule has 2 aromatic carbocycles. The Morgan fingerprint density at radius 2 is 1.72 bits per heavy atom. The van der Waals surface area contributed by atoms with E-state index in [0.29, 0.717) is 36.5 Å². The van der Waals surface area contributed by atoms with Crippen LogP contribution in [0.4, 0.5) is 0 Å². The molecule has 0 aliphatic carbocycles. The first-order chi connectivity index (χ1) is 13.9. The zero-order chi connectivity index (χ0) is 21.0. The van der Waals surface area contributed by atoms with E-state index in [9.17, 15) is 9.59 Å². The minimum atomic E-state index is -0.138. The van der Waals surface area contributed by atoms with E-state index >= 15 is 0 Å². The predicted molar refractivity (Wildman–Crippen MR) is 115 cm³/mol. The summed E-state index contributed by atoms with van der Waals surface area (Å²) in [6.07, 6.45) is 1.43. The SMILES string of the molecule is Cc1ccc(C)c(OCC(=O)NC2CCN(C(=O)c3ccccc3Cl)CC2)c1C. The van der Waals surface area contributed by atoms with Gasteiger partial charge >= 0.3 is 0 Å². The highest BCUT2D eigenvalue weighted by Crippen LogP contribution is 2.25. The highest BCUT2D eigenvalue weighted by atomic mass is 35.5. The van der Waals surface area contributed by atoms with Crippen molar-refractivity contribution in [3.8, 4) is 5.75 Å². The second-order valence-corrected chi connectivity index (χ2v) is 7.96. The molecule has 0 spiro atoms. The molecule has 0 radical (unpaired) electrons. The standard InChI is InChI=1S/C23H27ClN2O3/c1-15-8-9-16(2)22(17(15)3)29-14-21(27)25-18-10-12-26(13-11-18)23(28)19-6-4-5-7-20(19)24/h4-9,18H,10-14H2,1-3H3,(H,25,27). The smallest absolute Gasteiger partial charge is 0.258 e. The summed E-state index contributed by atoms with van der Waals surface area (Å²) in [4.78, 5) is 26.8. The molecule has 5 nitrogen and oxygen atoms in total. The topological polar surface area (TPSA) is 58.6 Å². The fourth-order valence-electron chi connectivity index (χ4n) is 3.59. The number of likely N-dealkylation sites (tertiary alicyclic amines) is 1. The van der Waals surface area contributed by atoms with E-state index in [0.717, 1.165) is 22.4 Å². The molecule has 1 saturated heterocycles. The lowest BCUT2D eigenvalue weighted by molar-refractivity contribution is -0.124. The second kappa shape index (κ2) is 9.31. The van der Waals surface area contributed by atoms with Crippen LogP contribution in [0.1, 0.15) is 39.9 Å². The van der Waals surface area contributed by atoms with Gasteiger partial charge in [-0.3, -0.25) is 9.59 Å². The number of carbonyl (C=O) groups excluding carboxylic acids is 2. The minimum Gasteiger partial charge on any atom is -0.483 e. The molecule has 3 rings (SSSR count). The van der Waals surface area contributed by atoms with Gasteiger partial charge in [-0.15, -0.1) is 0 Å². The average molecular weight is 415 g/mol. The normalized spacial score (nSPS) is 14.6. The van der Waals surface area contributed by atoms with Gasteiger partial charge in [0.05, 0.1) is 10.6 Å². The highest BCUT2D eigenvalue weighted by molar-refractivity contribution is 6.33. The summed E-state index contributed by atoms with van der Waals surface area (Å²) in [5, 5.41) is 3.49. The van der Waals surface area contributed by atoms with Crippen LogP contribution in [0.25, 0.3) is 0 Å². The third kappa shape index (κ3) is 5.10. The Morgan fingerprint density at radius 3 is 2.41 bits per heavy atom. The van der Waals surface area contributed by atoms with Gasteiger partial charge in [0.25, 0.3) is 11.8 Å². The number of ether oxygens (including phenoxy) is 1. The largest absolute Gasteiger partial charge is 0.483 e.